The number of ether oxygens (including phenoxy) is 1. The molecule has 4 aromatic rings. The van der Waals surface area contributed by atoms with Crippen LogP contribution < -0.4 is 4.72 Å². The Morgan fingerprint density at radius 2 is 1.59 bits per heavy atom. The molecule has 3 aromatic carbocycles. The number of rotatable bonds is 4. The minimum absolute atomic E-state index is 0.295. The van der Waals surface area contributed by atoms with Crippen molar-refractivity contribution in [2.24, 2.45) is 0 Å². The molecule has 0 aliphatic heterocycles. The Hall–Kier alpha value is -3.63. The fourth-order valence-corrected chi connectivity index (χ4v) is 6.41. The summed E-state index contributed by atoms with van der Waals surface area (Å²) in [6.07, 6.45) is -4.69. The number of para-hydroxylation sites is 1. The lowest BCUT2D eigenvalue weighted by Crippen LogP contribution is -2.36. The normalized spacial score (nSPS) is 15.9. The zero-order valence-electron chi connectivity index (χ0n) is 21.5. The Morgan fingerprint density at radius 3 is 2.31 bits per heavy atom. The van der Waals surface area contributed by atoms with Gasteiger partial charge in [0.1, 0.15) is 5.60 Å². The molecule has 5 rings (SSSR count). The number of hydrogen-bond acceptors (Lipinski definition) is 4. The Bertz CT molecular complexity index is 1680. The van der Waals surface area contributed by atoms with Gasteiger partial charge in [-0.05, 0) is 80.6 Å². The maximum Gasteiger partial charge on any atom is 0.419 e. The zero-order valence-corrected chi connectivity index (χ0v) is 22.4. The summed E-state index contributed by atoms with van der Waals surface area (Å²) in [5.41, 5.74) is 1.88. The Labute approximate surface area is 224 Å². The van der Waals surface area contributed by atoms with Crippen molar-refractivity contribution in [3.05, 3.63) is 89.5 Å². The molecule has 39 heavy (non-hydrogen) atoms. The minimum Gasteiger partial charge on any atom is -0.443 e. The second-order valence-electron chi connectivity index (χ2n) is 10.6. The van der Waals surface area contributed by atoms with E-state index in [9.17, 15) is 26.4 Å². The number of nitrogens with zero attached hydrogens (tertiary/aromatic N) is 1. The van der Waals surface area contributed by atoms with E-state index in [1.54, 1.807) is 20.8 Å². The van der Waals surface area contributed by atoms with Crippen molar-refractivity contribution < 1.29 is 31.1 Å². The predicted octanol–water partition coefficient (Wildman–Crippen LogP) is 6.56. The first-order valence-corrected chi connectivity index (χ1v) is 13.9. The number of alkyl halides is 3. The first kappa shape index (κ1) is 27.0. The number of fused-ring (bicyclic) bond motifs is 2. The van der Waals surface area contributed by atoms with Crippen LogP contribution in [0.2, 0.25) is 0 Å². The quantitative estimate of drug-likeness (QED) is 0.309. The molecule has 1 aromatic heterocycles. The fourth-order valence-electron chi connectivity index (χ4n) is 4.95. The Balaban J connectivity index is 1.45. The molecule has 10 heteroatoms. The average molecular weight is 557 g/mol. The van der Waals surface area contributed by atoms with Crippen molar-refractivity contribution in [2.75, 3.05) is 0 Å². The van der Waals surface area contributed by atoms with E-state index in [-0.39, 0.29) is 0 Å². The van der Waals surface area contributed by atoms with Crippen LogP contribution in [0, 0.1) is 0 Å². The lowest BCUT2D eigenvalue weighted by molar-refractivity contribution is -0.139. The number of nitrogens with one attached hydrogen (secondary N) is 1. The van der Waals surface area contributed by atoms with Gasteiger partial charge in [0.15, 0.2) is 0 Å². The monoisotopic (exact) mass is 556 g/mol. The van der Waals surface area contributed by atoms with Gasteiger partial charge in [-0.3, -0.25) is 0 Å². The number of aromatic nitrogens is 1. The van der Waals surface area contributed by atoms with Gasteiger partial charge in [0.05, 0.1) is 21.7 Å². The highest BCUT2D eigenvalue weighted by atomic mass is 32.2. The van der Waals surface area contributed by atoms with Crippen molar-refractivity contribution in [2.45, 2.75) is 56.3 Å². The van der Waals surface area contributed by atoms with Gasteiger partial charge in [-0.25, -0.2) is 22.5 Å². The maximum atomic E-state index is 13.4. The third kappa shape index (κ3) is 5.44. The molecule has 0 saturated carbocycles. The van der Waals surface area contributed by atoms with E-state index in [1.165, 1.54) is 10.6 Å². The van der Waals surface area contributed by atoms with Gasteiger partial charge in [-0.1, -0.05) is 42.5 Å². The molecular formula is C29H27F3N2O4S. The average Bonchev–Trinajstić information content (AvgIpc) is 3.42. The van der Waals surface area contributed by atoms with Gasteiger partial charge in [0, 0.05) is 11.4 Å². The molecule has 1 heterocycles. The number of carbonyl (C=O) groups excluding carboxylic acids is 1. The van der Waals surface area contributed by atoms with Gasteiger partial charge in [-0.2, -0.15) is 13.2 Å². The first-order valence-electron chi connectivity index (χ1n) is 12.4. The second kappa shape index (κ2) is 9.53. The third-order valence-electron chi connectivity index (χ3n) is 6.53. The van der Waals surface area contributed by atoms with Crippen LogP contribution in [0.15, 0.2) is 77.7 Å². The minimum atomic E-state index is -4.80. The summed E-state index contributed by atoms with van der Waals surface area (Å²) >= 11 is 0. The van der Waals surface area contributed by atoms with Crippen LogP contribution >= 0.6 is 0 Å². The molecular weight excluding hydrogens is 529 g/mol. The van der Waals surface area contributed by atoms with Crippen LogP contribution in [-0.4, -0.2) is 30.7 Å². The van der Waals surface area contributed by atoms with Crippen LogP contribution in [0.25, 0.3) is 22.2 Å². The number of halogens is 3. The molecule has 0 amide bonds. The summed E-state index contributed by atoms with van der Waals surface area (Å²) in [6, 6.07) is 18.5. The van der Waals surface area contributed by atoms with Crippen molar-refractivity contribution in [3.63, 3.8) is 0 Å². The number of carbonyl (C=O) groups is 1. The molecule has 0 saturated heterocycles. The lowest BCUT2D eigenvalue weighted by Gasteiger charge is -2.21. The van der Waals surface area contributed by atoms with Gasteiger partial charge in [0.2, 0.25) is 10.0 Å². The summed E-state index contributed by atoms with van der Waals surface area (Å²) in [5, 5.41) is 0.854. The Kier molecular flexibility index (Phi) is 6.59. The Morgan fingerprint density at radius 1 is 0.923 bits per heavy atom. The molecule has 0 fully saturated rings. The standard InChI is InChI=1S/C29H27F3N2O4S/c1-28(2,3)38-27(35)34-24-10-6-4-8-19(24)17-25(34)20-13-12-18-15-22(16-21(18)14-20)33-39(36,37)26-11-7-5-9-23(26)29(30,31)32/h4-14,17,22,33H,15-16H2,1-3H3. The van der Waals surface area contributed by atoms with Crippen LogP contribution in [0.1, 0.15) is 37.5 Å². The zero-order chi connectivity index (χ0) is 28.2. The summed E-state index contributed by atoms with van der Waals surface area (Å²) in [4.78, 5) is 12.4. The molecule has 1 aliphatic carbocycles. The van der Waals surface area contributed by atoms with Crippen LogP contribution in [0.4, 0.5) is 18.0 Å². The lowest BCUT2D eigenvalue weighted by atomic mass is 10.0. The molecule has 1 N–H and O–H groups in total. The van der Waals surface area contributed by atoms with Gasteiger partial charge in [-0.15, -0.1) is 0 Å². The highest BCUT2D eigenvalue weighted by Crippen LogP contribution is 2.36. The van der Waals surface area contributed by atoms with Crippen LogP contribution in [-0.2, 0) is 33.8 Å². The molecule has 0 bridgehead atoms. The maximum absolute atomic E-state index is 13.4. The van der Waals surface area contributed by atoms with Gasteiger partial charge < -0.3 is 4.74 Å². The van der Waals surface area contributed by atoms with Crippen LogP contribution in [0.5, 0.6) is 0 Å². The fraction of sp³-hybridized carbons (Fsp3) is 0.276. The predicted molar refractivity (Wildman–Crippen MR) is 142 cm³/mol. The SMILES string of the molecule is CC(C)(C)OC(=O)n1c(-c2ccc3c(c2)CC(NS(=O)(=O)c2ccccc2C(F)(F)F)C3)cc2ccccc21. The molecule has 204 valence electrons. The highest BCUT2D eigenvalue weighted by molar-refractivity contribution is 7.89. The summed E-state index contributed by atoms with van der Waals surface area (Å²) < 4.78 is 75.9. The number of sulfonamides is 1. The molecule has 6 nitrogen and oxygen atoms in total. The van der Waals surface area contributed by atoms with E-state index in [0.29, 0.717) is 24.1 Å². The molecule has 1 atom stereocenters. The smallest absolute Gasteiger partial charge is 0.419 e. The van der Waals surface area contributed by atoms with Crippen molar-refractivity contribution in [1.82, 2.24) is 9.29 Å². The number of hydrogen-bond donors (Lipinski definition) is 1. The molecule has 1 aliphatic rings. The van der Waals surface area contributed by atoms with E-state index in [4.69, 9.17) is 4.74 Å². The van der Waals surface area contributed by atoms with Gasteiger partial charge in [0.25, 0.3) is 0 Å². The van der Waals surface area contributed by atoms with Gasteiger partial charge >= 0.3 is 12.3 Å². The third-order valence-corrected chi connectivity index (χ3v) is 8.10. The molecule has 0 radical (unpaired) electrons. The van der Waals surface area contributed by atoms with Crippen LogP contribution in [0.3, 0.4) is 0 Å². The number of benzene rings is 3. The topological polar surface area (TPSA) is 77.4 Å². The summed E-state index contributed by atoms with van der Waals surface area (Å²) in [7, 11) is -4.43. The van der Waals surface area contributed by atoms with E-state index in [1.807, 2.05) is 48.5 Å². The highest BCUT2D eigenvalue weighted by Gasteiger charge is 2.38. The first-order chi connectivity index (χ1) is 18.2. The van der Waals surface area contributed by atoms with E-state index < -0.39 is 44.4 Å². The van der Waals surface area contributed by atoms with Crippen molar-refractivity contribution in [3.8, 4) is 11.3 Å². The largest absolute Gasteiger partial charge is 0.443 e. The van der Waals surface area contributed by atoms with Crippen molar-refractivity contribution in [1.29, 1.82) is 0 Å². The molecule has 0 spiro atoms. The van der Waals surface area contributed by atoms with E-state index in [2.05, 4.69) is 4.72 Å². The van der Waals surface area contributed by atoms with E-state index >= 15 is 0 Å². The summed E-state index contributed by atoms with van der Waals surface area (Å²) in [5.74, 6) is 0. The van der Waals surface area contributed by atoms with Crippen molar-refractivity contribution >= 4 is 27.0 Å². The second-order valence-corrected chi connectivity index (χ2v) is 12.3. The molecule has 1 unspecified atom stereocenters. The summed E-state index contributed by atoms with van der Waals surface area (Å²) in [6.45, 7) is 5.37. The van der Waals surface area contributed by atoms with E-state index in [0.717, 1.165) is 40.3 Å².